The highest BCUT2D eigenvalue weighted by Gasteiger charge is 2.37. The Hall–Kier alpha value is -3.06. The number of fused-ring (bicyclic) bond motifs is 1. The van der Waals surface area contributed by atoms with Crippen molar-refractivity contribution in [2.75, 3.05) is 35.7 Å². The van der Waals surface area contributed by atoms with Crippen LogP contribution in [-0.2, 0) is 6.42 Å². The van der Waals surface area contributed by atoms with E-state index in [9.17, 15) is 0 Å². The maximum Gasteiger partial charge on any atom is 0.246 e. The number of piperidine rings is 1. The lowest BCUT2D eigenvalue weighted by Gasteiger charge is -2.42. The van der Waals surface area contributed by atoms with Crippen molar-refractivity contribution in [2.24, 2.45) is 10.9 Å². The first kappa shape index (κ1) is 20.8. The van der Waals surface area contributed by atoms with Crippen LogP contribution in [0.5, 0.6) is 0 Å². The average Bonchev–Trinajstić information content (AvgIpc) is 3.20. The van der Waals surface area contributed by atoms with Crippen LogP contribution in [0.4, 0.5) is 17.6 Å². The number of aromatic amines is 1. The molecule has 8 heteroatoms. The molecule has 2 aromatic carbocycles. The van der Waals surface area contributed by atoms with Crippen LogP contribution >= 0.6 is 11.6 Å². The molecule has 0 aliphatic carbocycles. The van der Waals surface area contributed by atoms with Gasteiger partial charge in [0.15, 0.2) is 0 Å². The first-order chi connectivity index (χ1) is 15.6. The predicted molar refractivity (Wildman–Crippen MR) is 131 cm³/mol. The molecule has 1 fully saturated rings. The molecule has 0 amide bonds. The second-order valence-corrected chi connectivity index (χ2v) is 9.12. The highest BCUT2D eigenvalue weighted by atomic mass is 35.5. The first-order valence-electron chi connectivity index (χ1n) is 11.1. The SMILES string of the molecule is CN1c2ccccc2C=NC(Cc2ccc(Cl)cc2)[C@@H]1C1CCN(c2n[nH]c(N)n2)CC1. The maximum absolute atomic E-state index is 6.12. The lowest BCUT2D eigenvalue weighted by atomic mass is 9.82. The number of aromatic nitrogens is 3. The number of nitrogens with one attached hydrogen (secondary N) is 1. The van der Waals surface area contributed by atoms with Gasteiger partial charge in [-0.15, -0.1) is 5.10 Å². The molecule has 32 heavy (non-hydrogen) atoms. The first-order valence-corrected chi connectivity index (χ1v) is 11.5. The minimum atomic E-state index is 0.157. The molecular formula is C24H28ClN7. The lowest BCUT2D eigenvalue weighted by Crippen LogP contribution is -2.50. The monoisotopic (exact) mass is 449 g/mol. The van der Waals surface area contributed by atoms with Crippen LogP contribution < -0.4 is 15.5 Å². The van der Waals surface area contributed by atoms with E-state index < -0.39 is 0 Å². The van der Waals surface area contributed by atoms with Crippen molar-refractivity contribution < 1.29 is 0 Å². The molecule has 0 saturated carbocycles. The zero-order valence-corrected chi connectivity index (χ0v) is 18.9. The summed E-state index contributed by atoms with van der Waals surface area (Å²) in [7, 11) is 2.22. The molecule has 3 aromatic rings. The van der Waals surface area contributed by atoms with E-state index in [1.165, 1.54) is 16.8 Å². The van der Waals surface area contributed by atoms with E-state index in [0.717, 1.165) is 37.4 Å². The zero-order valence-electron chi connectivity index (χ0n) is 18.2. The smallest absolute Gasteiger partial charge is 0.246 e. The van der Waals surface area contributed by atoms with Gasteiger partial charge in [0.05, 0.1) is 12.1 Å². The standard InChI is InChI=1S/C24H28ClN7/c1-31-21-5-3-2-4-18(21)15-27-20(14-16-6-8-19(25)9-7-16)22(31)17-10-12-32(13-11-17)24-28-23(26)29-30-24/h2-9,15,17,20,22H,10-14H2,1H3,(H3,26,28,29,30)/t20?,22-/m0/s1. The van der Waals surface area contributed by atoms with Gasteiger partial charge in [-0.25, -0.2) is 5.10 Å². The van der Waals surface area contributed by atoms with Crippen LogP contribution in [0.15, 0.2) is 53.5 Å². The Morgan fingerprint density at radius 1 is 1.09 bits per heavy atom. The molecule has 3 heterocycles. The van der Waals surface area contributed by atoms with E-state index in [0.29, 0.717) is 23.9 Å². The van der Waals surface area contributed by atoms with Crippen molar-refractivity contribution >= 4 is 35.4 Å². The summed E-state index contributed by atoms with van der Waals surface area (Å²) in [5.74, 6) is 1.56. The molecule has 5 rings (SSSR count). The number of hydrogen-bond donors (Lipinski definition) is 2. The van der Waals surface area contributed by atoms with Gasteiger partial charge in [-0.05, 0) is 48.9 Å². The number of rotatable bonds is 4. The Kier molecular flexibility index (Phi) is 5.74. The number of likely N-dealkylation sites (N-methyl/N-ethyl adjacent to an activating group) is 1. The fourth-order valence-electron chi connectivity index (χ4n) is 5.11. The molecule has 1 unspecified atom stereocenters. The Morgan fingerprint density at radius 2 is 1.84 bits per heavy atom. The maximum atomic E-state index is 6.12. The van der Waals surface area contributed by atoms with Crippen molar-refractivity contribution in [3.05, 3.63) is 64.7 Å². The molecule has 7 nitrogen and oxygen atoms in total. The molecule has 2 aliphatic heterocycles. The zero-order chi connectivity index (χ0) is 22.1. The number of para-hydroxylation sites is 1. The molecule has 1 aromatic heterocycles. The van der Waals surface area contributed by atoms with Gasteiger partial charge in [0.2, 0.25) is 11.9 Å². The van der Waals surface area contributed by atoms with E-state index in [4.69, 9.17) is 22.3 Å². The number of anilines is 3. The number of nitrogens with two attached hydrogens (primary N) is 1. The molecule has 1 saturated heterocycles. The number of halogens is 1. The molecule has 0 radical (unpaired) electrons. The number of nitrogens with zero attached hydrogens (tertiary/aromatic N) is 5. The van der Waals surface area contributed by atoms with Gasteiger partial charge in [-0.1, -0.05) is 41.9 Å². The number of benzodiazepines with no additional fused rings is 1. The highest BCUT2D eigenvalue weighted by Crippen LogP contribution is 2.35. The third-order valence-corrected chi connectivity index (χ3v) is 6.97. The van der Waals surface area contributed by atoms with Gasteiger partial charge in [0.25, 0.3) is 0 Å². The van der Waals surface area contributed by atoms with Crippen molar-refractivity contribution in [2.45, 2.75) is 31.3 Å². The predicted octanol–water partition coefficient (Wildman–Crippen LogP) is 3.81. The Morgan fingerprint density at radius 3 is 2.56 bits per heavy atom. The number of hydrogen-bond acceptors (Lipinski definition) is 6. The quantitative estimate of drug-likeness (QED) is 0.632. The number of nitrogen functional groups attached to an aromatic ring is 1. The van der Waals surface area contributed by atoms with Crippen molar-refractivity contribution in [1.82, 2.24) is 15.2 Å². The van der Waals surface area contributed by atoms with Gasteiger partial charge in [0.1, 0.15) is 0 Å². The van der Waals surface area contributed by atoms with E-state index in [-0.39, 0.29) is 6.04 Å². The summed E-state index contributed by atoms with van der Waals surface area (Å²) in [4.78, 5) is 14.1. The summed E-state index contributed by atoms with van der Waals surface area (Å²) in [6.07, 6.45) is 5.04. The summed E-state index contributed by atoms with van der Waals surface area (Å²) in [5, 5.41) is 7.74. The fourth-order valence-corrected chi connectivity index (χ4v) is 5.24. The van der Waals surface area contributed by atoms with E-state index >= 15 is 0 Å². The van der Waals surface area contributed by atoms with Crippen molar-refractivity contribution in [3.8, 4) is 0 Å². The molecule has 0 bridgehead atoms. The molecule has 2 atom stereocenters. The number of H-pyrrole nitrogens is 1. The number of aliphatic imine (C=N–C) groups is 1. The third kappa shape index (κ3) is 4.17. The summed E-state index contributed by atoms with van der Waals surface area (Å²) in [6, 6.07) is 17.1. The fraction of sp³-hybridized carbons (Fsp3) is 0.375. The summed E-state index contributed by atoms with van der Waals surface area (Å²) in [5.41, 5.74) is 9.40. The molecule has 2 aliphatic rings. The third-order valence-electron chi connectivity index (χ3n) is 6.72. The molecular weight excluding hydrogens is 422 g/mol. The molecule has 3 N–H and O–H groups in total. The van der Waals surface area contributed by atoms with E-state index in [1.807, 2.05) is 12.1 Å². The largest absolute Gasteiger partial charge is 0.369 e. The summed E-state index contributed by atoms with van der Waals surface area (Å²) < 4.78 is 0. The molecule has 0 spiro atoms. The normalized spacial score (nSPS) is 21.4. The minimum absolute atomic E-state index is 0.157. The topological polar surface area (TPSA) is 86.4 Å². The highest BCUT2D eigenvalue weighted by molar-refractivity contribution is 6.30. The van der Waals surface area contributed by atoms with Crippen LogP contribution in [0.25, 0.3) is 0 Å². The lowest BCUT2D eigenvalue weighted by molar-refractivity contribution is 0.297. The van der Waals surface area contributed by atoms with Crippen molar-refractivity contribution in [3.63, 3.8) is 0 Å². The molecule has 166 valence electrons. The van der Waals surface area contributed by atoms with Gasteiger partial charge in [0, 0.05) is 42.6 Å². The number of benzene rings is 2. The Labute approximate surface area is 193 Å². The summed E-state index contributed by atoms with van der Waals surface area (Å²) >= 11 is 6.12. The Bertz CT molecular complexity index is 1090. The van der Waals surface area contributed by atoms with Gasteiger partial charge in [-0.2, -0.15) is 4.98 Å². The van der Waals surface area contributed by atoms with Crippen LogP contribution in [-0.4, -0.2) is 53.6 Å². The van der Waals surface area contributed by atoms with Crippen molar-refractivity contribution in [1.29, 1.82) is 0 Å². The van der Waals surface area contributed by atoms with Gasteiger partial charge in [-0.3, -0.25) is 4.99 Å². The average molecular weight is 450 g/mol. The van der Waals surface area contributed by atoms with Gasteiger partial charge >= 0.3 is 0 Å². The second-order valence-electron chi connectivity index (χ2n) is 8.68. The van der Waals surface area contributed by atoms with Crippen LogP contribution in [0.1, 0.15) is 24.0 Å². The second kappa shape index (κ2) is 8.82. The van der Waals surface area contributed by atoms with E-state index in [2.05, 4.69) is 74.6 Å². The van der Waals surface area contributed by atoms with Crippen LogP contribution in [0.2, 0.25) is 5.02 Å². The van der Waals surface area contributed by atoms with Crippen LogP contribution in [0, 0.1) is 5.92 Å². The summed E-state index contributed by atoms with van der Waals surface area (Å²) in [6.45, 7) is 1.82. The van der Waals surface area contributed by atoms with E-state index in [1.54, 1.807) is 0 Å². The van der Waals surface area contributed by atoms with Crippen LogP contribution in [0.3, 0.4) is 0 Å². The minimum Gasteiger partial charge on any atom is -0.369 e. The van der Waals surface area contributed by atoms with Gasteiger partial charge < -0.3 is 15.5 Å². The Balaban J connectivity index is 1.41.